The number of carbonyl (C=O) groups is 2. The van der Waals surface area contributed by atoms with Gasteiger partial charge in [0.05, 0.1) is 11.4 Å². The molecule has 4 rings (SSSR count). The molecule has 8 heteroatoms. The Balaban J connectivity index is 1.57. The maximum Gasteiger partial charge on any atom is 0.245 e. The van der Waals surface area contributed by atoms with Crippen molar-refractivity contribution in [1.29, 1.82) is 0 Å². The highest BCUT2D eigenvalue weighted by atomic mass is 32.2. The van der Waals surface area contributed by atoms with E-state index in [-0.39, 0.29) is 29.9 Å². The Kier molecular flexibility index (Phi) is 5.06. The van der Waals surface area contributed by atoms with Crippen molar-refractivity contribution in [3.8, 4) is 11.3 Å². The number of β-amino-alcohol motifs (C(OH)–C–C–N with tert-alkyl or cyclic N) is 1. The monoisotopic (exact) mass is 399 g/mol. The molecule has 2 aromatic carbocycles. The van der Waals surface area contributed by atoms with Crippen molar-refractivity contribution >= 4 is 34.5 Å². The van der Waals surface area contributed by atoms with Gasteiger partial charge in [0.2, 0.25) is 11.8 Å². The maximum absolute atomic E-state index is 13.3. The number of halogens is 1. The summed E-state index contributed by atoms with van der Waals surface area (Å²) < 4.78 is 13.3. The topological polar surface area (TPSA) is 94.2 Å². The van der Waals surface area contributed by atoms with E-state index in [0.29, 0.717) is 0 Å². The van der Waals surface area contributed by atoms with Gasteiger partial charge in [0.15, 0.2) is 0 Å². The minimum atomic E-state index is -0.927. The van der Waals surface area contributed by atoms with Crippen LogP contribution in [0.25, 0.3) is 22.2 Å². The summed E-state index contributed by atoms with van der Waals surface area (Å²) in [4.78, 5) is 28.2. The number of carbonyl (C=O) groups excluding carboxylic acids is 2. The molecule has 2 heterocycles. The number of aromatic nitrogens is 1. The molecule has 0 spiro atoms. The fourth-order valence-corrected chi connectivity index (χ4v) is 4.21. The molecule has 1 aliphatic heterocycles. The van der Waals surface area contributed by atoms with Crippen LogP contribution >= 0.6 is 11.8 Å². The molecular formula is C20H18FN3O3S. The summed E-state index contributed by atoms with van der Waals surface area (Å²) in [5, 5.41) is 15.8. The summed E-state index contributed by atoms with van der Waals surface area (Å²) in [6.07, 6.45) is -0.927. The van der Waals surface area contributed by atoms with Gasteiger partial charge in [0.1, 0.15) is 18.0 Å². The van der Waals surface area contributed by atoms with E-state index in [0.717, 1.165) is 27.1 Å². The lowest BCUT2D eigenvalue weighted by atomic mass is 10.1. The second-order valence-corrected chi connectivity index (χ2v) is 7.51. The number of para-hydroxylation sites is 1. The van der Waals surface area contributed by atoms with Crippen LogP contribution in [0.5, 0.6) is 0 Å². The fourth-order valence-electron chi connectivity index (χ4n) is 3.21. The number of hydrogen-bond acceptors (Lipinski definition) is 4. The Morgan fingerprint density at radius 1 is 1.21 bits per heavy atom. The molecule has 2 atom stereocenters. The smallest absolute Gasteiger partial charge is 0.245 e. The van der Waals surface area contributed by atoms with Gasteiger partial charge in [-0.1, -0.05) is 18.2 Å². The molecule has 0 saturated carbocycles. The van der Waals surface area contributed by atoms with Crippen LogP contribution in [0.3, 0.4) is 0 Å². The van der Waals surface area contributed by atoms with Gasteiger partial charge >= 0.3 is 0 Å². The van der Waals surface area contributed by atoms with Crippen LogP contribution in [0.4, 0.5) is 4.39 Å². The van der Waals surface area contributed by atoms with Crippen molar-refractivity contribution in [1.82, 2.24) is 15.6 Å². The van der Waals surface area contributed by atoms with Gasteiger partial charge < -0.3 is 20.7 Å². The highest BCUT2D eigenvalue weighted by Gasteiger charge is 2.34. The number of hydrogen-bond donors (Lipinski definition) is 4. The highest BCUT2D eigenvalue weighted by Crippen LogP contribution is 2.37. The van der Waals surface area contributed by atoms with E-state index in [1.165, 1.54) is 23.9 Å². The lowest BCUT2D eigenvalue weighted by Gasteiger charge is -2.13. The Hall–Kier alpha value is -2.84. The molecule has 0 unspecified atom stereocenters. The zero-order valence-corrected chi connectivity index (χ0v) is 15.6. The average Bonchev–Trinajstić information content (AvgIpc) is 3.22. The van der Waals surface area contributed by atoms with E-state index in [9.17, 15) is 19.1 Å². The van der Waals surface area contributed by atoms with E-state index in [1.54, 1.807) is 12.1 Å². The zero-order chi connectivity index (χ0) is 19.7. The Labute approximate surface area is 164 Å². The van der Waals surface area contributed by atoms with Crippen molar-refractivity contribution in [2.24, 2.45) is 0 Å². The van der Waals surface area contributed by atoms with E-state index < -0.39 is 12.1 Å². The number of amides is 2. The Morgan fingerprint density at radius 3 is 2.68 bits per heavy atom. The Morgan fingerprint density at radius 2 is 1.96 bits per heavy atom. The molecule has 1 fully saturated rings. The van der Waals surface area contributed by atoms with Crippen LogP contribution in [0.1, 0.15) is 0 Å². The van der Waals surface area contributed by atoms with Crippen LogP contribution < -0.4 is 10.6 Å². The third kappa shape index (κ3) is 3.61. The van der Waals surface area contributed by atoms with Gasteiger partial charge in [-0.05, 0) is 35.9 Å². The minimum absolute atomic E-state index is 0.0759. The van der Waals surface area contributed by atoms with Crippen molar-refractivity contribution in [2.75, 3.05) is 12.3 Å². The van der Waals surface area contributed by atoms with Gasteiger partial charge in [-0.2, -0.15) is 0 Å². The second kappa shape index (κ2) is 7.65. The molecular weight excluding hydrogens is 381 g/mol. The highest BCUT2D eigenvalue weighted by molar-refractivity contribution is 8.00. The molecule has 144 valence electrons. The first kappa shape index (κ1) is 18.5. The molecule has 3 aromatic rings. The first-order valence-corrected chi connectivity index (χ1v) is 9.76. The van der Waals surface area contributed by atoms with Gasteiger partial charge in [0.25, 0.3) is 0 Å². The van der Waals surface area contributed by atoms with Gasteiger partial charge in [-0.15, -0.1) is 11.8 Å². The number of rotatable bonds is 5. The van der Waals surface area contributed by atoms with Crippen molar-refractivity contribution in [3.05, 3.63) is 54.3 Å². The number of H-pyrrole nitrogens is 1. The summed E-state index contributed by atoms with van der Waals surface area (Å²) >= 11 is 1.33. The van der Waals surface area contributed by atoms with Crippen molar-refractivity contribution in [2.45, 2.75) is 17.0 Å². The fraction of sp³-hybridized carbons (Fsp3) is 0.200. The summed E-state index contributed by atoms with van der Waals surface area (Å²) in [6, 6.07) is 12.9. The predicted octanol–water partition coefficient (Wildman–Crippen LogP) is 2.04. The first-order chi connectivity index (χ1) is 13.5. The van der Waals surface area contributed by atoms with Crippen molar-refractivity contribution < 1.29 is 19.1 Å². The largest absolute Gasteiger partial charge is 0.389 e. The van der Waals surface area contributed by atoms with Crippen LogP contribution in [0.2, 0.25) is 0 Å². The summed E-state index contributed by atoms with van der Waals surface area (Å²) in [5.41, 5.74) is 2.53. The Bertz CT molecular complexity index is 1030. The minimum Gasteiger partial charge on any atom is -0.389 e. The number of benzene rings is 2. The number of nitrogens with one attached hydrogen (secondary N) is 3. The van der Waals surface area contributed by atoms with E-state index >= 15 is 0 Å². The normalized spacial score (nSPS) is 19.0. The van der Waals surface area contributed by atoms with Crippen LogP contribution in [-0.2, 0) is 9.59 Å². The molecule has 1 saturated heterocycles. The van der Waals surface area contributed by atoms with Gasteiger partial charge in [-0.25, -0.2) is 4.39 Å². The van der Waals surface area contributed by atoms with Gasteiger partial charge in [-0.3, -0.25) is 9.59 Å². The van der Waals surface area contributed by atoms with Crippen LogP contribution in [0.15, 0.2) is 53.4 Å². The predicted molar refractivity (Wildman–Crippen MR) is 105 cm³/mol. The van der Waals surface area contributed by atoms with E-state index in [2.05, 4.69) is 15.6 Å². The third-order valence-electron chi connectivity index (χ3n) is 4.61. The lowest BCUT2D eigenvalue weighted by molar-refractivity contribution is -0.127. The standard InChI is InChI=1S/C20H18FN3O3S/c21-12-7-5-11(6-8-12)17-19(13-3-1-2-4-14(13)23-17)28-10-16(26)24-18-15(25)9-22-20(18)27/h1-8,15,18,23,25H,9-10H2,(H,22,27)(H,24,26)/t15-,18+/m1/s1. The molecule has 0 bridgehead atoms. The van der Waals surface area contributed by atoms with Crippen LogP contribution in [0, 0.1) is 5.82 Å². The molecule has 28 heavy (non-hydrogen) atoms. The second-order valence-electron chi connectivity index (χ2n) is 6.53. The maximum atomic E-state index is 13.3. The average molecular weight is 399 g/mol. The summed E-state index contributed by atoms with van der Waals surface area (Å²) in [6.45, 7) is 0.133. The number of aliphatic hydroxyl groups excluding tert-OH is 1. The third-order valence-corrected chi connectivity index (χ3v) is 5.73. The molecule has 2 amide bonds. The number of aromatic amines is 1. The number of thioether (sulfide) groups is 1. The molecule has 1 aliphatic rings. The van der Waals surface area contributed by atoms with Crippen LogP contribution in [-0.4, -0.2) is 46.3 Å². The zero-order valence-electron chi connectivity index (χ0n) is 14.7. The lowest BCUT2D eigenvalue weighted by Crippen LogP contribution is -2.46. The molecule has 1 aromatic heterocycles. The number of aliphatic hydroxyl groups is 1. The quantitative estimate of drug-likeness (QED) is 0.494. The molecule has 0 aliphatic carbocycles. The summed E-state index contributed by atoms with van der Waals surface area (Å²) in [5.74, 6) is -0.972. The molecule has 4 N–H and O–H groups in total. The summed E-state index contributed by atoms with van der Waals surface area (Å²) in [7, 11) is 0. The first-order valence-electron chi connectivity index (χ1n) is 8.77. The van der Waals surface area contributed by atoms with Crippen molar-refractivity contribution in [3.63, 3.8) is 0 Å². The molecule has 6 nitrogen and oxygen atoms in total. The molecule has 0 radical (unpaired) electrons. The van der Waals surface area contributed by atoms with E-state index in [4.69, 9.17) is 0 Å². The van der Waals surface area contributed by atoms with E-state index in [1.807, 2.05) is 24.3 Å². The van der Waals surface area contributed by atoms with Gasteiger partial charge in [0, 0.05) is 22.3 Å². The number of fused-ring (bicyclic) bond motifs is 1. The SMILES string of the molecule is O=C(CSc1c(-c2ccc(F)cc2)[nH]c2ccccc12)N[C@@H]1C(=O)NC[C@H]1O.